The first-order chi connectivity index (χ1) is 5.15. The monoisotopic (exact) mass is 182 g/mol. The Morgan fingerprint density at radius 2 is 2.18 bits per heavy atom. The highest BCUT2D eigenvalue weighted by Gasteiger charge is 2.04. The molecule has 0 spiro atoms. The van der Waals surface area contributed by atoms with E-state index in [2.05, 4.69) is 4.98 Å². The van der Waals surface area contributed by atoms with Crippen molar-refractivity contribution >= 4 is 36.5 Å². The minimum absolute atomic E-state index is 0.0394. The van der Waals surface area contributed by atoms with E-state index < -0.39 is 0 Å². The predicted octanol–water partition coefficient (Wildman–Crippen LogP) is 1.05. The molecule has 52 valence electrons. The third-order valence-electron chi connectivity index (χ3n) is 1.09. The maximum absolute atomic E-state index is 8.49. The molecule has 0 saturated heterocycles. The lowest BCUT2D eigenvalue weighted by Gasteiger charge is -1.98. The van der Waals surface area contributed by atoms with Gasteiger partial charge >= 0.3 is 0 Å². The molecule has 1 aromatic heterocycles. The Morgan fingerprint density at radius 1 is 1.55 bits per heavy atom. The van der Waals surface area contributed by atoms with Crippen LogP contribution in [0.15, 0.2) is 6.07 Å². The average molecular weight is 183 g/mol. The molecule has 0 fully saturated rings. The number of aromatic nitrogens is 1. The smallest absolute Gasteiger partial charge is 0.147 e. The molecule has 11 heavy (non-hydrogen) atoms. The molecule has 2 radical (unpaired) electrons. The third kappa shape index (κ3) is 1.65. The van der Waals surface area contributed by atoms with Crippen LogP contribution in [-0.2, 0) is 0 Å². The number of nitrogens with zero attached hydrogens (tertiary/aromatic N) is 2. The van der Waals surface area contributed by atoms with E-state index in [1.54, 1.807) is 0 Å². The van der Waals surface area contributed by atoms with Crippen LogP contribution in [0.1, 0.15) is 5.56 Å². The minimum Gasteiger partial charge on any atom is -0.223 e. The van der Waals surface area contributed by atoms with E-state index in [-0.39, 0.29) is 21.3 Å². The molecule has 0 aliphatic carbocycles. The zero-order valence-corrected chi connectivity index (χ0v) is 6.82. The molecule has 1 aromatic rings. The van der Waals surface area contributed by atoms with Crippen LogP contribution in [0.2, 0.25) is 10.3 Å². The summed E-state index contributed by atoms with van der Waals surface area (Å²) in [5.74, 6) is 0. The van der Waals surface area contributed by atoms with Crippen molar-refractivity contribution in [3.8, 4) is 6.07 Å². The van der Waals surface area contributed by atoms with Crippen molar-refractivity contribution in [3.63, 3.8) is 0 Å². The first kappa shape index (κ1) is 8.38. The summed E-state index contributed by atoms with van der Waals surface area (Å²) in [7, 11) is 5.40. The second-order valence-electron chi connectivity index (χ2n) is 1.81. The molecule has 0 aromatic carbocycles. The lowest BCUT2D eigenvalue weighted by atomic mass is 9.93. The van der Waals surface area contributed by atoms with Crippen molar-refractivity contribution in [1.82, 2.24) is 4.98 Å². The fourth-order valence-corrected chi connectivity index (χ4v) is 1.10. The Labute approximate surface area is 75.2 Å². The van der Waals surface area contributed by atoms with E-state index in [0.29, 0.717) is 0 Å². The average Bonchev–Trinajstić information content (AvgIpc) is 1.85. The fraction of sp³-hybridized carbons (Fsp3) is 0. The molecular weight excluding hydrogens is 182 g/mol. The molecular formula is C6HBCl2N2. The standard InChI is InChI=1S/C6HBCl2N2/c7-4-1-5(8)11-6(9)3(4)2-10/h1H. The third-order valence-corrected chi connectivity index (χ3v) is 1.55. The van der Waals surface area contributed by atoms with Gasteiger partial charge in [-0.1, -0.05) is 28.7 Å². The first-order valence-electron chi connectivity index (χ1n) is 2.66. The van der Waals surface area contributed by atoms with E-state index in [4.69, 9.17) is 36.3 Å². The highest BCUT2D eigenvalue weighted by Crippen LogP contribution is 2.12. The minimum atomic E-state index is 0.0394. The highest BCUT2D eigenvalue weighted by molar-refractivity contribution is 6.40. The fourth-order valence-electron chi connectivity index (χ4n) is 0.612. The molecule has 2 nitrogen and oxygen atoms in total. The van der Waals surface area contributed by atoms with Crippen LogP contribution in [0.3, 0.4) is 0 Å². The lowest BCUT2D eigenvalue weighted by molar-refractivity contribution is 1.32. The van der Waals surface area contributed by atoms with Crippen molar-refractivity contribution in [2.45, 2.75) is 0 Å². The van der Waals surface area contributed by atoms with Gasteiger partial charge in [0.25, 0.3) is 0 Å². The molecule has 0 bridgehead atoms. The number of rotatable bonds is 0. The van der Waals surface area contributed by atoms with Gasteiger partial charge in [0, 0.05) is 0 Å². The van der Waals surface area contributed by atoms with Crippen LogP contribution in [0.5, 0.6) is 0 Å². The van der Waals surface area contributed by atoms with Crippen LogP contribution in [0.4, 0.5) is 0 Å². The Kier molecular flexibility index (Phi) is 2.38. The number of nitriles is 1. The second-order valence-corrected chi connectivity index (χ2v) is 2.56. The Bertz CT molecular complexity index is 309. The molecule has 0 aliphatic rings. The van der Waals surface area contributed by atoms with Crippen molar-refractivity contribution in [2.75, 3.05) is 0 Å². The van der Waals surface area contributed by atoms with Gasteiger partial charge in [-0.3, -0.25) is 0 Å². The van der Waals surface area contributed by atoms with Gasteiger partial charge in [0.1, 0.15) is 24.2 Å². The summed E-state index contributed by atoms with van der Waals surface area (Å²) in [5, 5.41) is 8.72. The van der Waals surface area contributed by atoms with E-state index in [0.717, 1.165) is 0 Å². The van der Waals surface area contributed by atoms with Gasteiger partial charge in [-0.25, -0.2) is 4.98 Å². The molecule has 0 N–H and O–H groups in total. The van der Waals surface area contributed by atoms with Gasteiger partial charge in [0.05, 0.1) is 5.56 Å². The summed E-state index contributed by atoms with van der Waals surface area (Å²) in [6.07, 6.45) is 0. The van der Waals surface area contributed by atoms with Gasteiger partial charge in [0.2, 0.25) is 0 Å². The summed E-state index contributed by atoms with van der Waals surface area (Å²) in [5.41, 5.74) is 0.411. The molecule has 0 atom stereocenters. The number of hydrogen-bond donors (Lipinski definition) is 0. The van der Waals surface area contributed by atoms with Gasteiger partial charge < -0.3 is 0 Å². The largest absolute Gasteiger partial charge is 0.223 e. The maximum Gasteiger partial charge on any atom is 0.147 e. The molecule has 0 amide bonds. The molecule has 0 saturated carbocycles. The van der Waals surface area contributed by atoms with Crippen LogP contribution >= 0.6 is 23.2 Å². The summed E-state index contributed by atoms with van der Waals surface area (Å²) >= 11 is 11.0. The van der Waals surface area contributed by atoms with Crippen molar-refractivity contribution in [3.05, 3.63) is 21.9 Å². The first-order valence-corrected chi connectivity index (χ1v) is 3.42. The van der Waals surface area contributed by atoms with Crippen molar-refractivity contribution < 1.29 is 0 Å². The van der Waals surface area contributed by atoms with Gasteiger partial charge in [-0.15, -0.1) is 0 Å². The highest BCUT2D eigenvalue weighted by atomic mass is 35.5. The Morgan fingerprint density at radius 3 is 2.64 bits per heavy atom. The molecule has 0 aliphatic heterocycles. The van der Waals surface area contributed by atoms with Crippen LogP contribution in [-0.4, -0.2) is 12.8 Å². The maximum atomic E-state index is 8.49. The topological polar surface area (TPSA) is 36.7 Å². The molecule has 5 heteroatoms. The zero-order chi connectivity index (χ0) is 8.43. The van der Waals surface area contributed by atoms with Crippen LogP contribution in [0.25, 0.3) is 0 Å². The van der Waals surface area contributed by atoms with Gasteiger partial charge in [-0.05, 0) is 6.07 Å². The zero-order valence-electron chi connectivity index (χ0n) is 5.31. The van der Waals surface area contributed by atoms with Crippen molar-refractivity contribution in [1.29, 1.82) is 5.26 Å². The number of halogens is 2. The normalized spacial score (nSPS) is 9.18. The van der Waals surface area contributed by atoms with Crippen molar-refractivity contribution in [2.24, 2.45) is 0 Å². The quantitative estimate of drug-likeness (QED) is 0.445. The van der Waals surface area contributed by atoms with Crippen LogP contribution in [0, 0.1) is 11.3 Å². The van der Waals surface area contributed by atoms with E-state index in [1.807, 2.05) is 6.07 Å². The van der Waals surface area contributed by atoms with E-state index >= 15 is 0 Å². The molecule has 1 heterocycles. The summed E-state index contributed by atoms with van der Waals surface area (Å²) in [6.45, 7) is 0. The summed E-state index contributed by atoms with van der Waals surface area (Å²) in [6, 6.07) is 3.19. The second kappa shape index (κ2) is 3.12. The van der Waals surface area contributed by atoms with Gasteiger partial charge in [-0.2, -0.15) is 5.26 Å². The number of hydrogen-bond acceptors (Lipinski definition) is 2. The van der Waals surface area contributed by atoms with E-state index in [9.17, 15) is 0 Å². The Hall–Kier alpha value is -0.715. The lowest BCUT2D eigenvalue weighted by Crippen LogP contribution is -2.09. The molecule has 1 rings (SSSR count). The Balaban J connectivity index is 3.40. The number of pyridine rings is 1. The van der Waals surface area contributed by atoms with E-state index in [1.165, 1.54) is 6.07 Å². The van der Waals surface area contributed by atoms with Crippen LogP contribution < -0.4 is 5.46 Å². The van der Waals surface area contributed by atoms with Gasteiger partial charge in [0.15, 0.2) is 0 Å². The summed E-state index contributed by atoms with van der Waals surface area (Å²) in [4.78, 5) is 3.63. The SMILES string of the molecule is [B]c1cc(Cl)nc(Cl)c1C#N. The summed E-state index contributed by atoms with van der Waals surface area (Å²) < 4.78 is 0. The predicted molar refractivity (Wildman–Crippen MR) is 44.4 cm³/mol. The molecule has 0 unspecified atom stereocenters.